The van der Waals surface area contributed by atoms with Crippen LogP contribution in [-0.4, -0.2) is 71.5 Å². The number of unbranched alkanes of at least 4 members (excludes halogenated alkanes) is 1. The minimum absolute atomic E-state index is 0.245. The van der Waals surface area contributed by atoms with Gasteiger partial charge in [0, 0.05) is 0 Å². The van der Waals surface area contributed by atoms with Crippen molar-refractivity contribution in [2.75, 3.05) is 18.6 Å². The minimum Gasteiger partial charge on any atom is -0.480 e. The number of thioether (sulfide) groups is 1. The van der Waals surface area contributed by atoms with Crippen LogP contribution < -0.4 is 27.4 Å². The van der Waals surface area contributed by atoms with E-state index in [1.165, 1.54) is 0 Å². The third-order valence-corrected chi connectivity index (χ3v) is 6.22. The van der Waals surface area contributed by atoms with E-state index in [9.17, 15) is 24.3 Å². The summed E-state index contributed by atoms with van der Waals surface area (Å²) in [5.41, 5.74) is 11.4. The van der Waals surface area contributed by atoms with Gasteiger partial charge in [0.25, 0.3) is 0 Å². The van der Waals surface area contributed by atoms with Gasteiger partial charge in [-0.05, 0) is 56.1 Å². The van der Waals surface area contributed by atoms with Gasteiger partial charge in [-0.15, -0.1) is 0 Å². The monoisotopic (exact) mass is 489 g/mol. The molecule has 0 aliphatic rings. The minimum atomic E-state index is -1.14. The topological polar surface area (TPSA) is 177 Å². The lowest BCUT2D eigenvalue weighted by molar-refractivity contribution is -0.143. The largest absolute Gasteiger partial charge is 0.480 e. The lowest BCUT2D eigenvalue weighted by Gasteiger charge is -2.29. The van der Waals surface area contributed by atoms with Crippen molar-refractivity contribution in [3.8, 4) is 0 Å². The van der Waals surface area contributed by atoms with E-state index in [2.05, 4.69) is 16.0 Å². The maximum absolute atomic E-state index is 13.0. The lowest BCUT2D eigenvalue weighted by atomic mass is 9.95. The fraction of sp³-hybridized carbons (Fsp3) is 0.818. The number of nitrogens with one attached hydrogen (secondary N) is 3. The molecule has 10 nitrogen and oxygen atoms in total. The summed E-state index contributed by atoms with van der Waals surface area (Å²) in [5, 5.41) is 17.4. The number of rotatable bonds is 17. The van der Waals surface area contributed by atoms with Crippen LogP contribution in [0.2, 0.25) is 0 Å². The number of amides is 3. The molecule has 8 N–H and O–H groups in total. The first kappa shape index (κ1) is 31.1. The van der Waals surface area contributed by atoms with Crippen LogP contribution in [-0.2, 0) is 19.2 Å². The summed E-state index contributed by atoms with van der Waals surface area (Å²) in [5.74, 6) is -2.41. The van der Waals surface area contributed by atoms with Crippen molar-refractivity contribution in [3.63, 3.8) is 0 Å². The van der Waals surface area contributed by atoms with Crippen LogP contribution in [0, 0.1) is 11.8 Å². The Morgan fingerprint density at radius 1 is 0.909 bits per heavy atom. The summed E-state index contributed by atoms with van der Waals surface area (Å²) >= 11 is 1.58. The second kappa shape index (κ2) is 16.7. The molecule has 0 aliphatic carbocycles. The Balaban J connectivity index is 5.38. The molecule has 5 unspecified atom stereocenters. The quantitative estimate of drug-likeness (QED) is 0.159. The SMILES string of the molecule is CCC(C)C(NC(=O)C(NC(=O)C(N)CCSC)C(C)C)C(=O)NC(CCCCN)C(=O)O. The third-order valence-electron chi connectivity index (χ3n) is 5.57. The second-order valence-electron chi connectivity index (χ2n) is 8.67. The summed E-state index contributed by atoms with van der Waals surface area (Å²) < 4.78 is 0. The number of carboxylic acids is 1. The van der Waals surface area contributed by atoms with Gasteiger partial charge >= 0.3 is 5.97 Å². The molecule has 0 bridgehead atoms. The highest BCUT2D eigenvalue weighted by Crippen LogP contribution is 2.12. The molecule has 192 valence electrons. The molecule has 5 atom stereocenters. The Kier molecular flexibility index (Phi) is 15.8. The standard InChI is InChI=1S/C22H43N5O5S/c1-6-14(4)18(21(30)25-16(22(31)32)9-7-8-11-23)27-20(29)17(13(2)3)26-19(28)15(24)10-12-33-5/h13-18H,6-12,23-24H2,1-5H3,(H,25,30)(H,26,28)(H,27,29)(H,31,32). The van der Waals surface area contributed by atoms with Crippen LogP contribution in [0.3, 0.4) is 0 Å². The normalized spacial score (nSPS) is 15.8. The number of hydrogen-bond acceptors (Lipinski definition) is 7. The highest BCUT2D eigenvalue weighted by Gasteiger charge is 2.33. The molecule has 0 radical (unpaired) electrons. The zero-order chi connectivity index (χ0) is 25.6. The van der Waals surface area contributed by atoms with E-state index in [0.29, 0.717) is 32.2 Å². The summed E-state index contributed by atoms with van der Waals surface area (Å²) in [6.07, 6.45) is 4.45. The molecule has 33 heavy (non-hydrogen) atoms. The van der Waals surface area contributed by atoms with Gasteiger partial charge in [-0.25, -0.2) is 4.79 Å². The number of carboxylic acid groups (broad SMARTS) is 1. The Bertz CT molecular complexity index is 634. The van der Waals surface area contributed by atoms with E-state index in [1.54, 1.807) is 32.5 Å². The van der Waals surface area contributed by atoms with Crippen molar-refractivity contribution in [1.82, 2.24) is 16.0 Å². The fourth-order valence-corrected chi connectivity index (χ4v) is 3.62. The first-order valence-corrected chi connectivity index (χ1v) is 13.0. The molecule has 0 fully saturated rings. The fourth-order valence-electron chi connectivity index (χ4n) is 3.13. The molecular weight excluding hydrogens is 446 g/mol. The van der Waals surface area contributed by atoms with E-state index in [4.69, 9.17) is 11.5 Å². The van der Waals surface area contributed by atoms with E-state index < -0.39 is 47.9 Å². The van der Waals surface area contributed by atoms with Gasteiger partial charge in [-0.2, -0.15) is 11.8 Å². The van der Waals surface area contributed by atoms with Gasteiger partial charge in [0.2, 0.25) is 17.7 Å². The van der Waals surface area contributed by atoms with Gasteiger partial charge in [-0.3, -0.25) is 14.4 Å². The number of aliphatic carboxylic acids is 1. The Morgan fingerprint density at radius 3 is 1.97 bits per heavy atom. The molecule has 0 saturated heterocycles. The zero-order valence-corrected chi connectivity index (χ0v) is 21.4. The predicted octanol–water partition coefficient (Wildman–Crippen LogP) is 0.437. The van der Waals surface area contributed by atoms with Crippen LogP contribution in [0.5, 0.6) is 0 Å². The molecule has 11 heteroatoms. The van der Waals surface area contributed by atoms with Crippen LogP contribution in [0.4, 0.5) is 0 Å². The van der Waals surface area contributed by atoms with Crippen molar-refractivity contribution < 1.29 is 24.3 Å². The van der Waals surface area contributed by atoms with Crippen molar-refractivity contribution in [3.05, 3.63) is 0 Å². The van der Waals surface area contributed by atoms with E-state index in [1.807, 2.05) is 13.2 Å². The molecule has 0 spiro atoms. The molecule has 0 aromatic carbocycles. The van der Waals surface area contributed by atoms with Crippen LogP contribution in [0.15, 0.2) is 0 Å². The summed E-state index contributed by atoms with van der Waals surface area (Å²) in [7, 11) is 0. The molecule has 0 saturated carbocycles. The number of carbonyl (C=O) groups is 4. The Hall–Kier alpha value is -1.85. The number of nitrogens with two attached hydrogens (primary N) is 2. The van der Waals surface area contributed by atoms with Crippen molar-refractivity contribution in [2.45, 2.75) is 84.0 Å². The Labute approximate surface area is 201 Å². The summed E-state index contributed by atoms with van der Waals surface area (Å²) in [6, 6.07) is -3.62. The first-order valence-electron chi connectivity index (χ1n) is 11.6. The van der Waals surface area contributed by atoms with Gasteiger partial charge in [0.05, 0.1) is 6.04 Å². The molecule has 0 aliphatic heterocycles. The number of carbonyl (C=O) groups excluding carboxylic acids is 3. The number of hydrogen-bond donors (Lipinski definition) is 6. The average molecular weight is 490 g/mol. The molecule has 0 aromatic heterocycles. The van der Waals surface area contributed by atoms with Gasteiger partial charge < -0.3 is 32.5 Å². The van der Waals surface area contributed by atoms with Crippen LogP contribution in [0.25, 0.3) is 0 Å². The zero-order valence-electron chi connectivity index (χ0n) is 20.6. The lowest BCUT2D eigenvalue weighted by Crippen LogP contribution is -2.59. The van der Waals surface area contributed by atoms with E-state index in [-0.39, 0.29) is 18.3 Å². The molecular formula is C22H43N5O5S. The summed E-state index contributed by atoms with van der Waals surface area (Å²) in [4.78, 5) is 50.0. The van der Waals surface area contributed by atoms with E-state index in [0.717, 1.165) is 5.75 Å². The predicted molar refractivity (Wildman–Crippen MR) is 132 cm³/mol. The van der Waals surface area contributed by atoms with Gasteiger partial charge in [0.1, 0.15) is 18.1 Å². The van der Waals surface area contributed by atoms with E-state index >= 15 is 0 Å². The molecule has 0 rings (SSSR count). The highest BCUT2D eigenvalue weighted by atomic mass is 32.2. The van der Waals surface area contributed by atoms with Crippen LogP contribution in [0.1, 0.15) is 59.8 Å². The van der Waals surface area contributed by atoms with Gasteiger partial charge in [0.15, 0.2) is 0 Å². The summed E-state index contributed by atoms with van der Waals surface area (Å²) in [6.45, 7) is 7.69. The van der Waals surface area contributed by atoms with Crippen molar-refractivity contribution in [1.29, 1.82) is 0 Å². The highest BCUT2D eigenvalue weighted by molar-refractivity contribution is 7.98. The van der Waals surface area contributed by atoms with Crippen molar-refractivity contribution >= 4 is 35.5 Å². The Morgan fingerprint density at radius 2 is 1.48 bits per heavy atom. The smallest absolute Gasteiger partial charge is 0.326 e. The average Bonchev–Trinajstić information content (AvgIpc) is 2.77. The molecule has 0 heterocycles. The molecule has 0 aromatic rings. The maximum atomic E-state index is 13.0. The second-order valence-corrected chi connectivity index (χ2v) is 9.66. The maximum Gasteiger partial charge on any atom is 0.326 e. The first-order chi connectivity index (χ1) is 15.5. The van der Waals surface area contributed by atoms with Crippen molar-refractivity contribution in [2.24, 2.45) is 23.3 Å². The van der Waals surface area contributed by atoms with Crippen LogP contribution >= 0.6 is 11.8 Å². The molecule has 3 amide bonds. The third kappa shape index (κ3) is 11.7. The van der Waals surface area contributed by atoms with Gasteiger partial charge in [-0.1, -0.05) is 34.1 Å².